The molecular weight excluding hydrogens is 755 g/mol. The fourth-order valence-electron chi connectivity index (χ4n) is 7.92. The summed E-state index contributed by atoms with van der Waals surface area (Å²) < 4.78 is 7.07. The van der Waals surface area contributed by atoms with Gasteiger partial charge in [0.1, 0.15) is 0 Å². The Labute approximate surface area is 338 Å². The quantitative estimate of drug-likeness (QED) is 0.174. The van der Waals surface area contributed by atoms with Gasteiger partial charge in [0.25, 0.3) is 0 Å². The highest BCUT2D eigenvalue weighted by Gasteiger charge is 2.21. The van der Waals surface area contributed by atoms with Crippen LogP contribution in [0.5, 0.6) is 0 Å². The van der Waals surface area contributed by atoms with Crippen molar-refractivity contribution >= 4 is 94.7 Å². The summed E-state index contributed by atoms with van der Waals surface area (Å²) in [4.78, 5) is 26.1. The molecule has 0 fully saturated rings. The Bertz CT molecular complexity index is 3530. The number of aromatic nitrogens is 5. The van der Waals surface area contributed by atoms with Gasteiger partial charge in [-0.3, -0.25) is 0 Å². The van der Waals surface area contributed by atoms with Crippen LogP contribution in [0.15, 0.2) is 164 Å². The fraction of sp³-hybridized carbons (Fsp3) is 0. The summed E-state index contributed by atoms with van der Waals surface area (Å²) >= 11 is 5.32. The molecule has 266 valence electrons. The van der Waals surface area contributed by atoms with Gasteiger partial charge in [-0.15, -0.1) is 34.0 Å². The summed E-state index contributed by atoms with van der Waals surface area (Å²) in [6.45, 7) is 0. The van der Waals surface area contributed by atoms with Crippen LogP contribution in [-0.2, 0) is 0 Å². The van der Waals surface area contributed by atoms with Gasteiger partial charge in [0.15, 0.2) is 23.3 Å². The molecule has 8 heteroatoms. The second kappa shape index (κ2) is 12.9. The third-order valence-electron chi connectivity index (χ3n) is 10.6. The molecule has 12 aromatic rings. The Kier molecular flexibility index (Phi) is 7.38. The summed E-state index contributed by atoms with van der Waals surface area (Å²) in [5, 5.41) is 5.87. The highest BCUT2D eigenvalue weighted by Crippen LogP contribution is 2.45. The molecule has 0 saturated carbocycles. The lowest BCUT2D eigenvalue weighted by molar-refractivity contribution is 1.08. The van der Waals surface area contributed by atoms with Gasteiger partial charge in [-0.2, -0.15) is 0 Å². The highest BCUT2D eigenvalue weighted by molar-refractivity contribution is 7.27. The number of fused-ring (bicyclic) bond motifs is 9. The van der Waals surface area contributed by atoms with Crippen LogP contribution >= 0.6 is 34.0 Å². The topological polar surface area (TPSA) is 64.5 Å². The van der Waals surface area contributed by atoms with Gasteiger partial charge in [0, 0.05) is 78.2 Å². The van der Waals surface area contributed by atoms with Crippen molar-refractivity contribution in [1.82, 2.24) is 24.9 Å². The van der Waals surface area contributed by atoms with E-state index in [1.807, 2.05) is 36.4 Å². The smallest absolute Gasteiger partial charge is 0.165 e. The molecule has 12 rings (SSSR count). The van der Waals surface area contributed by atoms with Crippen LogP contribution < -0.4 is 0 Å². The van der Waals surface area contributed by atoms with E-state index < -0.39 is 0 Å². The summed E-state index contributed by atoms with van der Waals surface area (Å²) in [7, 11) is 0. The van der Waals surface area contributed by atoms with Crippen molar-refractivity contribution in [2.45, 2.75) is 0 Å². The van der Waals surface area contributed by atoms with Crippen LogP contribution in [0.4, 0.5) is 0 Å². The Balaban J connectivity index is 1.10. The molecule has 7 aromatic carbocycles. The molecule has 0 amide bonds. The minimum Gasteiger partial charge on any atom is -0.226 e. The van der Waals surface area contributed by atoms with Crippen molar-refractivity contribution in [3.8, 4) is 56.8 Å². The van der Waals surface area contributed by atoms with Gasteiger partial charge in [0.05, 0.1) is 15.9 Å². The Morgan fingerprint density at radius 1 is 0.316 bits per heavy atom. The van der Waals surface area contributed by atoms with Crippen LogP contribution in [0.1, 0.15) is 0 Å². The molecule has 0 bridgehead atoms. The molecule has 0 aliphatic rings. The average Bonchev–Trinajstić information content (AvgIpc) is 3.98. The molecule has 0 aliphatic heterocycles. The zero-order chi connectivity index (χ0) is 37.5. The van der Waals surface area contributed by atoms with Crippen LogP contribution in [0, 0.1) is 0 Å². The number of hydrogen-bond acceptors (Lipinski definition) is 8. The average molecular weight is 782 g/mol. The predicted molar refractivity (Wildman–Crippen MR) is 241 cm³/mol. The van der Waals surface area contributed by atoms with Crippen molar-refractivity contribution in [2.75, 3.05) is 0 Å². The normalized spacial score (nSPS) is 11.9. The Morgan fingerprint density at radius 2 is 0.877 bits per heavy atom. The molecule has 57 heavy (non-hydrogen) atoms. The number of hydrogen-bond donors (Lipinski definition) is 0. The van der Waals surface area contributed by atoms with Gasteiger partial charge in [0.2, 0.25) is 0 Å². The first-order valence-electron chi connectivity index (χ1n) is 18.7. The highest BCUT2D eigenvalue weighted by atomic mass is 32.1. The van der Waals surface area contributed by atoms with Crippen molar-refractivity contribution in [3.63, 3.8) is 0 Å². The third kappa shape index (κ3) is 5.29. The molecule has 5 aromatic heterocycles. The Hall–Kier alpha value is -6.71. The first-order valence-corrected chi connectivity index (χ1v) is 21.1. The lowest BCUT2D eigenvalue weighted by atomic mass is 10.0. The molecule has 0 radical (unpaired) electrons. The van der Waals surface area contributed by atoms with Gasteiger partial charge in [-0.05, 0) is 36.4 Å². The molecule has 0 N–H and O–H groups in total. The van der Waals surface area contributed by atoms with E-state index in [0.717, 1.165) is 65.7 Å². The molecule has 5 heterocycles. The zero-order valence-corrected chi connectivity index (χ0v) is 32.5. The van der Waals surface area contributed by atoms with E-state index in [1.165, 1.54) is 34.3 Å². The van der Waals surface area contributed by atoms with Crippen LogP contribution in [0.2, 0.25) is 0 Å². The lowest BCUT2D eigenvalue weighted by Crippen LogP contribution is -2.00. The zero-order valence-electron chi connectivity index (χ0n) is 30.0. The second-order valence-corrected chi connectivity index (χ2v) is 17.2. The first-order chi connectivity index (χ1) is 28.2. The minimum atomic E-state index is 0.646. The molecule has 5 nitrogen and oxygen atoms in total. The second-order valence-electron chi connectivity index (χ2n) is 14.0. The van der Waals surface area contributed by atoms with E-state index in [-0.39, 0.29) is 0 Å². The summed E-state index contributed by atoms with van der Waals surface area (Å²) in [6.07, 6.45) is 0. The van der Waals surface area contributed by atoms with Gasteiger partial charge >= 0.3 is 0 Å². The van der Waals surface area contributed by atoms with Crippen LogP contribution in [0.3, 0.4) is 0 Å². The maximum absolute atomic E-state index is 5.32. The van der Waals surface area contributed by atoms with E-state index in [1.54, 1.807) is 34.0 Å². The van der Waals surface area contributed by atoms with E-state index >= 15 is 0 Å². The van der Waals surface area contributed by atoms with Gasteiger partial charge in [-0.1, -0.05) is 127 Å². The molecule has 0 unspecified atom stereocenters. The van der Waals surface area contributed by atoms with Gasteiger partial charge in [-0.25, -0.2) is 24.9 Å². The number of benzene rings is 7. The van der Waals surface area contributed by atoms with E-state index in [0.29, 0.717) is 17.5 Å². The summed E-state index contributed by atoms with van der Waals surface area (Å²) in [6, 6.07) is 57.2. The van der Waals surface area contributed by atoms with Crippen LogP contribution in [-0.4, -0.2) is 24.9 Å². The largest absolute Gasteiger partial charge is 0.226 e. The standard InChI is InChI=1S/C49H27N5S3/c1-3-13-28(14-4-1)46-50-42(45-43(51-46)33-18-8-10-23-38(33)57-45)30-25-26-39-36(27-30)41-34(20-12-24-40(41)55-39)48-52-47(29-15-5-2-6-16-29)53-49(54-48)35-21-11-19-32-31-17-7-9-22-37(31)56-44(32)35/h1-27H. The van der Waals surface area contributed by atoms with Crippen LogP contribution in [0.25, 0.3) is 117 Å². The molecule has 0 aliphatic carbocycles. The maximum atomic E-state index is 5.32. The lowest BCUT2D eigenvalue weighted by Gasteiger charge is -2.10. The minimum absolute atomic E-state index is 0.646. The predicted octanol–water partition coefficient (Wildman–Crippen LogP) is 14.1. The monoisotopic (exact) mass is 781 g/mol. The van der Waals surface area contributed by atoms with E-state index in [2.05, 4.69) is 127 Å². The van der Waals surface area contributed by atoms with Crippen molar-refractivity contribution in [2.24, 2.45) is 0 Å². The Morgan fingerprint density at radius 3 is 1.67 bits per heavy atom. The summed E-state index contributed by atoms with van der Waals surface area (Å²) in [5.74, 6) is 2.67. The van der Waals surface area contributed by atoms with Gasteiger partial charge < -0.3 is 0 Å². The van der Waals surface area contributed by atoms with Crippen molar-refractivity contribution < 1.29 is 0 Å². The number of nitrogens with zero attached hydrogens (tertiary/aromatic N) is 5. The first kappa shape index (κ1) is 32.5. The molecule has 0 spiro atoms. The van der Waals surface area contributed by atoms with E-state index in [9.17, 15) is 0 Å². The SMILES string of the molecule is c1ccc(-c2nc(-c3cccc4c3sc3ccccc34)nc(-c3cccc4sc5ccc(-c6nc(-c7ccccc7)nc7c6sc6ccccc67)cc5c34)n2)cc1. The van der Waals surface area contributed by atoms with Crippen molar-refractivity contribution in [1.29, 1.82) is 0 Å². The summed E-state index contributed by atoms with van der Waals surface area (Å²) in [5.41, 5.74) is 6.88. The maximum Gasteiger partial charge on any atom is 0.165 e. The molecule has 0 saturated heterocycles. The van der Waals surface area contributed by atoms with Crippen molar-refractivity contribution in [3.05, 3.63) is 164 Å². The third-order valence-corrected chi connectivity index (χ3v) is 14.1. The molecular formula is C49H27N5S3. The number of thiophene rings is 3. The molecule has 0 atom stereocenters. The fourth-order valence-corrected chi connectivity index (χ4v) is 11.4. The van der Waals surface area contributed by atoms with E-state index in [4.69, 9.17) is 24.9 Å². The number of rotatable bonds is 5.